The molecule has 0 aliphatic heterocycles. The topological polar surface area (TPSA) is 121 Å². The highest BCUT2D eigenvalue weighted by Crippen LogP contribution is 2.01. The fourth-order valence-corrected chi connectivity index (χ4v) is 1.63. The van der Waals surface area contributed by atoms with Crippen LogP contribution in [0.25, 0.3) is 0 Å². The summed E-state index contributed by atoms with van der Waals surface area (Å²) in [6.45, 7) is 5.43. The van der Waals surface area contributed by atoms with E-state index in [1.165, 1.54) is 22.9 Å². The predicted octanol–water partition coefficient (Wildman–Crippen LogP) is -0.121. The van der Waals surface area contributed by atoms with Gasteiger partial charge in [-0.2, -0.15) is 0 Å². The molecule has 8 heteroatoms. The fourth-order valence-electron chi connectivity index (χ4n) is 1.63. The zero-order chi connectivity index (χ0) is 16.0. The van der Waals surface area contributed by atoms with Crippen LogP contribution in [0.4, 0.5) is 0 Å². The molecule has 0 amide bonds. The standard InChI is InChI=1S/C8H12N2O2.C5H6N2O2/c1-3-6(2)10-7(11)4-5-9-8(10)12;1-3-2-4(8)7-5(9)6-3/h4-6H,3H2,1-2H3,(H,9,12);2H,1H3,(H2,6,7,8,9). The van der Waals surface area contributed by atoms with Gasteiger partial charge in [-0.3, -0.25) is 19.1 Å². The lowest BCUT2D eigenvalue weighted by Gasteiger charge is -2.09. The zero-order valence-electron chi connectivity index (χ0n) is 12.1. The number of nitrogens with zero attached hydrogens (tertiary/aromatic N) is 1. The minimum absolute atomic E-state index is 0.0394. The average Bonchev–Trinajstić information content (AvgIpc) is 2.37. The maximum Gasteiger partial charge on any atom is 0.328 e. The van der Waals surface area contributed by atoms with E-state index in [1.807, 2.05) is 18.8 Å². The molecule has 0 aromatic carbocycles. The Hall–Kier alpha value is -2.64. The molecule has 1 atom stereocenters. The molecule has 0 spiro atoms. The van der Waals surface area contributed by atoms with E-state index in [4.69, 9.17) is 0 Å². The van der Waals surface area contributed by atoms with Crippen molar-refractivity contribution in [3.8, 4) is 0 Å². The number of hydrogen-bond donors (Lipinski definition) is 3. The van der Waals surface area contributed by atoms with Crippen molar-refractivity contribution in [1.29, 1.82) is 0 Å². The van der Waals surface area contributed by atoms with Gasteiger partial charge in [0.2, 0.25) is 0 Å². The number of hydrogen-bond acceptors (Lipinski definition) is 4. The minimum Gasteiger partial charge on any atom is -0.314 e. The van der Waals surface area contributed by atoms with Gasteiger partial charge in [0.25, 0.3) is 11.1 Å². The Balaban J connectivity index is 0.000000219. The first-order valence-corrected chi connectivity index (χ1v) is 6.45. The smallest absolute Gasteiger partial charge is 0.314 e. The summed E-state index contributed by atoms with van der Waals surface area (Å²) in [5, 5.41) is 0. The lowest BCUT2D eigenvalue weighted by atomic mass is 10.2. The third-order valence-electron chi connectivity index (χ3n) is 2.82. The molecule has 0 saturated heterocycles. The molecule has 21 heavy (non-hydrogen) atoms. The highest BCUT2D eigenvalue weighted by molar-refractivity contribution is 4.93. The van der Waals surface area contributed by atoms with Crippen molar-refractivity contribution in [2.24, 2.45) is 0 Å². The number of H-pyrrole nitrogens is 3. The fraction of sp³-hybridized carbons (Fsp3) is 0.385. The Labute approximate surface area is 119 Å². The van der Waals surface area contributed by atoms with E-state index in [9.17, 15) is 19.2 Å². The van der Waals surface area contributed by atoms with Gasteiger partial charge >= 0.3 is 11.4 Å². The molecule has 114 valence electrons. The van der Waals surface area contributed by atoms with Gasteiger partial charge in [0.1, 0.15) is 0 Å². The summed E-state index contributed by atoms with van der Waals surface area (Å²) in [6, 6.07) is 2.64. The van der Waals surface area contributed by atoms with E-state index in [-0.39, 0.29) is 22.9 Å². The van der Waals surface area contributed by atoms with Crippen molar-refractivity contribution in [2.45, 2.75) is 33.2 Å². The maximum absolute atomic E-state index is 11.2. The maximum atomic E-state index is 11.2. The van der Waals surface area contributed by atoms with Gasteiger partial charge in [-0.25, -0.2) is 9.59 Å². The molecule has 0 fully saturated rings. The van der Waals surface area contributed by atoms with Gasteiger partial charge in [0.05, 0.1) is 0 Å². The van der Waals surface area contributed by atoms with E-state index in [2.05, 4.69) is 9.97 Å². The summed E-state index contributed by atoms with van der Waals surface area (Å²) in [5.41, 5.74) is -0.829. The molecule has 8 nitrogen and oxygen atoms in total. The molecule has 0 bridgehead atoms. The first kappa shape index (κ1) is 16.4. The molecular weight excluding hydrogens is 276 g/mol. The van der Waals surface area contributed by atoms with Crippen molar-refractivity contribution in [3.05, 3.63) is 65.7 Å². The lowest BCUT2D eigenvalue weighted by Crippen LogP contribution is -2.35. The van der Waals surface area contributed by atoms with Gasteiger partial charge in [-0.1, -0.05) is 6.92 Å². The third kappa shape index (κ3) is 4.75. The highest BCUT2D eigenvalue weighted by atomic mass is 16.2. The number of aryl methyl sites for hydroxylation is 1. The monoisotopic (exact) mass is 294 g/mol. The van der Waals surface area contributed by atoms with Crippen LogP contribution >= 0.6 is 0 Å². The molecular formula is C13H18N4O4. The predicted molar refractivity (Wildman–Crippen MR) is 78.7 cm³/mol. The number of rotatable bonds is 2. The molecule has 1 unspecified atom stereocenters. The average molecular weight is 294 g/mol. The van der Waals surface area contributed by atoms with Crippen LogP contribution in [0.5, 0.6) is 0 Å². The number of aromatic nitrogens is 4. The second kappa shape index (κ2) is 7.22. The lowest BCUT2D eigenvalue weighted by molar-refractivity contribution is 0.489. The SMILES string of the molecule is CCC(C)n1c(=O)cc[nH]c1=O.Cc1cc(=O)[nH]c(=O)[nH]1. The van der Waals surface area contributed by atoms with Gasteiger partial charge < -0.3 is 9.97 Å². The Morgan fingerprint density at radius 2 is 1.86 bits per heavy atom. The summed E-state index contributed by atoms with van der Waals surface area (Å²) in [5.74, 6) is 0. The molecule has 2 rings (SSSR count). The second-order valence-electron chi connectivity index (χ2n) is 4.52. The van der Waals surface area contributed by atoms with Crippen LogP contribution in [0.2, 0.25) is 0 Å². The van der Waals surface area contributed by atoms with Crippen molar-refractivity contribution in [3.63, 3.8) is 0 Å². The van der Waals surface area contributed by atoms with Crippen LogP contribution in [-0.4, -0.2) is 19.5 Å². The van der Waals surface area contributed by atoms with Crippen molar-refractivity contribution in [2.75, 3.05) is 0 Å². The third-order valence-corrected chi connectivity index (χ3v) is 2.82. The second-order valence-corrected chi connectivity index (χ2v) is 4.52. The van der Waals surface area contributed by atoms with Crippen molar-refractivity contribution < 1.29 is 0 Å². The summed E-state index contributed by atoms with van der Waals surface area (Å²) < 4.78 is 1.22. The molecule has 2 aromatic rings. The van der Waals surface area contributed by atoms with Crippen LogP contribution in [-0.2, 0) is 0 Å². The molecule has 0 radical (unpaired) electrons. The first-order chi connectivity index (χ1) is 9.85. The highest BCUT2D eigenvalue weighted by Gasteiger charge is 2.06. The molecule has 2 heterocycles. The number of nitrogens with one attached hydrogen (secondary N) is 3. The van der Waals surface area contributed by atoms with Gasteiger partial charge in [-0.15, -0.1) is 0 Å². The minimum atomic E-state index is -0.458. The van der Waals surface area contributed by atoms with Crippen LogP contribution in [0.3, 0.4) is 0 Å². The van der Waals surface area contributed by atoms with E-state index in [1.54, 1.807) is 6.92 Å². The largest absolute Gasteiger partial charge is 0.328 e. The Morgan fingerprint density at radius 3 is 2.33 bits per heavy atom. The van der Waals surface area contributed by atoms with Crippen molar-refractivity contribution in [1.82, 2.24) is 19.5 Å². The number of aromatic amines is 3. The van der Waals surface area contributed by atoms with Crippen LogP contribution < -0.4 is 22.5 Å². The van der Waals surface area contributed by atoms with Crippen LogP contribution in [0, 0.1) is 6.92 Å². The quantitative estimate of drug-likeness (QED) is 0.715. The van der Waals surface area contributed by atoms with Gasteiger partial charge in [0.15, 0.2) is 0 Å². The molecule has 2 aromatic heterocycles. The first-order valence-electron chi connectivity index (χ1n) is 6.45. The van der Waals surface area contributed by atoms with Crippen LogP contribution in [0.15, 0.2) is 37.5 Å². The van der Waals surface area contributed by atoms with E-state index >= 15 is 0 Å². The van der Waals surface area contributed by atoms with E-state index < -0.39 is 5.69 Å². The molecule has 0 aliphatic carbocycles. The Kier molecular flexibility index (Phi) is 5.65. The Morgan fingerprint density at radius 1 is 1.19 bits per heavy atom. The summed E-state index contributed by atoms with van der Waals surface area (Å²) in [7, 11) is 0. The van der Waals surface area contributed by atoms with E-state index in [0.717, 1.165) is 6.42 Å². The normalized spacial score (nSPS) is 11.4. The van der Waals surface area contributed by atoms with Crippen LogP contribution in [0.1, 0.15) is 32.0 Å². The van der Waals surface area contributed by atoms with Gasteiger partial charge in [0, 0.05) is 30.1 Å². The van der Waals surface area contributed by atoms with Crippen molar-refractivity contribution >= 4 is 0 Å². The zero-order valence-corrected chi connectivity index (χ0v) is 12.1. The summed E-state index contributed by atoms with van der Waals surface area (Å²) >= 11 is 0. The van der Waals surface area contributed by atoms with E-state index in [0.29, 0.717) is 5.69 Å². The summed E-state index contributed by atoms with van der Waals surface area (Å²) in [4.78, 5) is 50.1. The Bertz CT molecular complexity index is 755. The summed E-state index contributed by atoms with van der Waals surface area (Å²) in [6.07, 6.45) is 2.14. The molecule has 3 N–H and O–H groups in total. The molecule has 0 saturated carbocycles. The molecule has 0 aliphatic rings. The van der Waals surface area contributed by atoms with Gasteiger partial charge in [-0.05, 0) is 20.3 Å².